The Hall–Kier alpha value is -1.06. The van der Waals surface area contributed by atoms with Gasteiger partial charge in [0.05, 0.1) is 0 Å². The molecule has 2 rings (SSSR count). The predicted octanol–water partition coefficient (Wildman–Crippen LogP) is 2.85. The molecule has 20 heavy (non-hydrogen) atoms. The van der Waals surface area contributed by atoms with Crippen molar-refractivity contribution in [3.8, 4) is 0 Å². The molecule has 0 aromatic heterocycles. The van der Waals surface area contributed by atoms with E-state index in [4.69, 9.17) is 0 Å². The van der Waals surface area contributed by atoms with Gasteiger partial charge in [-0.3, -0.25) is 4.79 Å². The summed E-state index contributed by atoms with van der Waals surface area (Å²) in [6, 6.07) is 10.2. The SMILES string of the molecule is CCN(Cc1ccccc1)C(=O)CCC1CCNC1.Cl. The molecule has 1 aliphatic rings. The van der Waals surface area contributed by atoms with E-state index in [1.54, 1.807) is 0 Å². The van der Waals surface area contributed by atoms with Gasteiger partial charge in [-0.25, -0.2) is 0 Å². The van der Waals surface area contributed by atoms with Gasteiger partial charge in [-0.1, -0.05) is 30.3 Å². The predicted molar refractivity (Wildman–Crippen MR) is 85.0 cm³/mol. The molecular formula is C16H25ClN2O. The lowest BCUT2D eigenvalue weighted by molar-refractivity contribution is -0.131. The van der Waals surface area contributed by atoms with Crippen LogP contribution in [0.15, 0.2) is 30.3 Å². The third kappa shape index (κ3) is 5.14. The largest absolute Gasteiger partial charge is 0.339 e. The number of nitrogens with zero attached hydrogens (tertiary/aromatic N) is 1. The van der Waals surface area contributed by atoms with E-state index < -0.39 is 0 Å². The van der Waals surface area contributed by atoms with E-state index in [2.05, 4.69) is 24.4 Å². The first-order valence-electron chi connectivity index (χ1n) is 7.32. The average molecular weight is 297 g/mol. The van der Waals surface area contributed by atoms with Crippen LogP contribution >= 0.6 is 12.4 Å². The lowest BCUT2D eigenvalue weighted by atomic mass is 10.0. The lowest BCUT2D eigenvalue weighted by Gasteiger charge is -2.21. The van der Waals surface area contributed by atoms with Gasteiger partial charge in [0.2, 0.25) is 5.91 Å². The van der Waals surface area contributed by atoms with E-state index in [0.717, 1.165) is 32.6 Å². The van der Waals surface area contributed by atoms with E-state index in [1.165, 1.54) is 12.0 Å². The number of rotatable bonds is 6. The lowest BCUT2D eigenvalue weighted by Crippen LogP contribution is -2.30. The fourth-order valence-electron chi connectivity index (χ4n) is 2.63. The molecule has 1 aromatic carbocycles. The molecule has 1 heterocycles. The second-order valence-corrected chi connectivity index (χ2v) is 5.29. The van der Waals surface area contributed by atoms with Crippen molar-refractivity contribution >= 4 is 18.3 Å². The summed E-state index contributed by atoms with van der Waals surface area (Å²) in [6.07, 6.45) is 2.93. The molecule has 1 atom stereocenters. The molecule has 0 bridgehead atoms. The van der Waals surface area contributed by atoms with Crippen LogP contribution in [-0.2, 0) is 11.3 Å². The number of hydrogen-bond acceptors (Lipinski definition) is 2. The van der Waals surface area contributed by atoms with Crippen molar-refractivity contribution in [2.75, 3.05) is 19.6 Å². The maximum atomic E-state index is 12.2. The van der Waals surface area contributed by atoms with Gasteiger partial charge >= 0.3 is 0 Å². The van der Waals surface area contributed by atoms with Crippen molar-refractivity contribution < 1.29 is 4.79 Å². The molecule has 1 fully saturated rings. The summed E-state index contributed by atoms with van der Waals surface area (Å²) in [4.78, 5) is 14.2. The van der Waals surface area contributed by atoms with Crippen LogP contribution in [0.5, 0.6) is 0 Å². The van der Waals surface area contributed by atoms with Gasteiger partial charge in [-0.15, -0.1) is 12.4 Å². The highest BCUT2D eigenvalue weighted by Gasteiger charge is 2.18. The number of halogens is 1. The summed E-state index contributed by atoms with van der Waals surface area (Å²) in [5.74, 6) is 0.984. The third-order valence-electron chi connectivity index (χ3n) is 3.88. The Kier molecular flexibility index (Phi) is 7.63. The first-order valence-corrected chi connectivity index (χ1v) is 7.32. The van der Waals surface area contributed by atoms with E-state index in [1.807, 2.05) is 23.1 Å². The van der Waals surface area contributed by atoms with Crippen LogP contribution in [0.25, 0.3) is 0 Å². The maximum absolute atomic E-state index is 12.2. The summed E-state index contributed by atoms with van der Waals surface area (Å²) in [5.41, 5.74) is 1.21. The van der Waals surface area contributed by atoms with Crippen molar-refractivity contribution in [3.05, 3.63) is 35.9 Å². The fraction of sp³-hybridized carbons (Fsp3) is 0.562. The number of hydrogen-bond donors (Lipinski definition) is 1. The molecule has 3 nitrogen and oxygen atoms in total. The van der Waals surface area contributed by atoms with Crippen molar-refractivity contribution in [2.24, 2.45) is 5.92 Å². The number of carbonyl (C=O) groups is 1. The number of benzene rings is 1. The maximum Gasteiger partial charge on any atom is 0.222 e. The normalized spacial score (nSPS) is 17.6. The molecule has 4 heteroatoms. The molecule has 1 N–H and O–H groups in total. The van der Waals surface area contributed by atoms with Gasteiger partial charge < -0.3 is 10.2 Å². The molecule has 0 aliphatic carbocycles. The smallest absolute Gasteiger partial charge is 0.222 e. The minimum Gasteiger partial charge on any atom is -0.339 e. The molecule has 0 radical (unpaired) electrons. The average Bonchev–Trinajstić information content (AvgIpc) is 2.96. The monoisotopic (exact) mass is 296 g/mol. The standard InChI is InChI=1S/C16H24N2O.ClH/c1-2-18(13-15-6-4-3-5-7-15)16(19)9-8-14-10-11-17-12-14;/h3-7,14,17H,2,8-13H2,1H3;1H. The van der Waals surface area contributed by atoms with Gasteiger partial charge in [-0.05, 0) is 44.3 Å². The highest BCUT2D eigenvalue weighted by Crippen LogP contribution is 2.16. The van der Waals surface area contributed by atoms with Crippen LogP contribution in [0.2, 0.25) is 0 Å². The number of carbonyl (C=O) groups excluding carboxylic acids is 1. The summed E-state index contributed by atoms with van der Waals surface area (Å²) < 4.78 is 0. The Morgan fingerprint density at radius 2 is 2.10 bits per heavy atom. The highest BCUT2D eigenvalue weighted by molar-refractivity contribution is 5.85. The second-order valence-electron chi connectivity index (χ2n) is 5.29. The molecular weight excluding hydrogens is 272 g/mol. The number of nitrogens with one attached hydrogen (secondary N) is 1. The minimum absolute atomic E-state index is 0. The molecule has 1 unspecified atom stereocenters. The van der Waals surface area contributed by atoms with Crippen LogP contribution in [0.1, 0.15) is 31.7 Å². The molecule has 1 amide bonds. The van der Waals surface area contributed by atoms with Crippen molar-refractivity contribution in [1.29, 1.82) is 0 Å². The van der Waals surface area contributed by atoms with Crippen LogP contribution in [0.4, 0.5) is 0 Å². The van der Waals surface area contributed by atoms with Crippen LogP contribution in [0.3, 0.4) is 0 Å². The van der Waals surface area contributed by atoms with Crippen molar-refractivity contribution in [3.63, 3.8) is 0 Å². The van der Waals surface area contributed by atoms with Gasteiger partial charge in [0.25, 0.3) is 0 Å². The molecule has 1 aromatic rings. The zero-order valence-corrected chi connectivity index (χ0v) is 13.0. The zero-order chi connectivity index (χ0) is 13.5. The number of amides is 1. The van der Waals surface area contributed by atoms with Gasteiger partial charge in [0, 0.05) is 19.5 Å². The second kappa shape index (κ2) is 8.98. The van der Waals surface area contributed by atoms with E-state index in [-0.39, 0.29) is 12.4 Å². The Morgan fingerprint density at radius 1 is 1.35 bits per heavy atom. The van der Waals surface area contributed by atoms with Crippen molar-refractivity contribution in [2.45, 2.75) is 32.7 Å². The highest BCUT2D eigenvalue weighted by atomic mass is 35.5. The van der Waals surface area contributed by atoms with Gasteiger partial charge in [0.15, 0.2) is 0 Å². The summed E-state index contributed by atoms with van der Waals surface area (Å²) in [6.45, 7) is 5.77. The van der Waals surface area contributed by atoms with E-state index >= 15 is 0 Å². The zero-order valence-electron chi connectivity index (χ0n) is 12.2. The summed E-state index contributed by atoms with van der Waals surface area (Å²) in [5, 5.41) is 3.35. The van der Waals surface area contributed by atoms with Crippen molar-refractivity contribution in [1.82, 2.24) is 10.2 Å². The Balaban J connectivity index is 0.00000200. The first kappa shape index (κ1) is 17.0. The molecule has 1 aliphatic heterocycles. The molecule has 0 saturated carbocycles. The summed E-state index contributed by atoms with van der Waals surface area (Å²) >= 11 is 0. The quantitative estimate of drug-likeness (QED) is 0.875. The Labute approximate surface area is 128 Å². The van der Waals surface area contributed by atoms with Gasteiger partial charge in [-0.2, -0.15) is 0 Å². The fourth-order valence-corrected chi connectivity index (χ4v) is 2.63. The van der Waals surface area contributed by atoms with E-state index in [0.29, 0.717) is 18.2 Å². The third-order valence-corrected chi connectivity index (χ3v) is 3.88. The first-order chi connectivity index (χ1) is 9.29. The Morgan fingerprint density at radius 3 is 2.70 bits per heavy atom. The minimum atomic E-state index is 0. The Bertz CT molecular complexity index is 391. The van der Waals surface area contributed by atoms with Crippen LogP contribution in [-0.4, -0.2) is 30.4 Å². The molecule has 0 spiro atoms. The van der Waals surface area contributed by atoms with E-state index in [9.17, 15) is 4.79 Å². The van der Waals surface area contributed by atoms with Crippen LogP contribution in [0, 0.1) is 5.92 Å². The molecule has 112 valence electrons. The topological polar surface area (TPSA) is 32.3 Å². The summed E-state index contributed by atoms with van der Waals surface area (Å²) in [7, 11) is 0. The van der Waals surface area contributed by atoms with Crippen LogP contribution < -0.4 is 5.32 Å². The molecule has 1 saturated heterocycles. The van der Waals surface area contributed by atoms with Gasteiger partial charge in [0.1, 0.15) is 0 Å².